The van der Waals surface area contributed by atoms with Crippen LogP contribution >= 0.6 is 0 Å². The van der Waals surface area contributed by atoms with E-state index in [9.17, 15) is 13.2 Å². The number of carbonyl (C=O) groups is 1. The number of hydrogen-bond acceptors (Lipinski definition) is 4. The van der Waals surface area contributed by atoms with E-state index in [4.69, 9.17) is 0 Å². The molecule has 0 radical (unpaired) electrons. The summed E-state index contributed by atoms with van der Waals surface area (Å²) in [7, 11) is -3.61. The molecule has 1 fully saturated rings. The van der Waals surface area contributed by atoms with Crippen LogP contribution in [-0.2, 0) is 10.0 Å². The minimum Gasteiger partial charge on any atom is -0.367 e. The van der Waals surface area contributed by atoms with Gasteiger partial charge in [0.15, 0.2) is 0 Å². The van der Waals surface area contributed by atoms with E-state index < -0.39 is 10.0 Å². The van der Waals surface area contributed by atoms with Gasteiger partial charge in [-0.25, -0.2) is 13.4 Å². The minimum atomic E-state index is -3.61. The smallest absolute Gasteiger partial charge is 0.255 e. The van der Waals surface area contributed by atoms with Crippen LogP contribution in [-0.4, -0.2) is 64.7 Å². The number of rotatable bonds is 3. The summed E-state index contributed by atoms with van der Waals surface area (Å²) in [5, 5.41) is 0. The Bertz CT molecular complexity index is 1050. The first kappa shape index (κ1) is 16.8. The number of aromatic nitrogens is 3. The summed E-state index contributed by atoms with van der Waals surface area (Å²) in [4.78, 5) is 24.5. The molecule has 3 aromatic rings. The van der Waals surface area contributed by atoms with Gasteiger partial charge in [0, 0.05) is 38.6 Å². The van der Waals surface area contributed by atoms with Gasteiger partial charge in [0.05, 0.1) is 21.5 Å². The highest BCUT2D eigenvalue weighted by Gasteiger charge is 2.30. The van der Waals surface area contributed by atoms with E-state index >= 15 is 0 Å². The molecule has 1 aliphatic heterocycles. The van der Waals surface area contributed by atoms with E-state index in [0.717, 1.165) is 11.3 Å². The van der Waals surface area contributed by atoms with E-state index in [2.05, 4.69) is 15.0 Å². The van der Waals surface area contributed by atoms with Gasteiger partial charge in [-0.05, 0) is 31.2 Å². The fourth-order valence-corrected chi connectivity index (χ4v) is 4.65. The Kier molecular flexibility index (Phi) is 4.04. The van der Waals surface area contributed by atoms with Crippen LogP contribution in [0.4, 0.5) is 0 Å². The van der Waals surface area contributed by atoms with E-state index in [1.54, 1.807) is 41.6 Å². The summed E-state index contributed by atoms with van der Waals surface area (Å²) in [6, 6.07) is 6.61. The Hall–Kier alpha value is -2.65. The van der Waals surface area contributed by atoms with Crippen molar-refractivity contribution in [3.63, 3.8) is 0 Å². The van der Waals surface area contributed by atoms with Crippen molar-refractivity contribution < 1.29 is 13.2 Å². The summed E-state index contributed by atoms with van der Waals surface area (Å²) < 4.78 is 27.3. The lowest BCUT2D eigenvalue weighted by atomic mass is 10.2. The third-order valence-electron chi connectivity index (χ3n) is 4.58. The third kappa shape index (κ3) is 2.89. The van der Waals surface area contributed by atoms with Crippen molar-refractivity contribution in [2.24, 2.45) is 0 Å². The van der Waals surface area contributed by atoms with Crippen LogP contribution in [0.5, 0.6) is 0 Å². The first-order valence-corrected chi connectivity index (χ1v) is 9.78. The number of nitrogens with one attached hydrogen (secondary N) is 2. The van der Waals surface area contributed by atoms with Crippen molar-refractivity contribution in [3.05, 3.63) is 48.0 Å². The predicted octanol–water partition coefficient (Wildman–Crippen LogP) is 1.35. The molecule has 0 saturated carbocycles. The van der Waals surface area contributed by atoms with Crippen molar-refractivity contribution in [1.82, 2.24) is 24.2 Å². The van der Waals surface area contributed by atoms with Crippen LogP contribution in [0.1, 0.15) is 16.2 Å². The molecule has 0 spiro atoms. The van der Waals surface area contributed by atoms with Crippen LogP contribution in [0.15, 0.2) is 41.6 Å². The molecule has 0 unspecified atom stereocenters. The quantitative estimate of drug-likeness (QED) is 0.723. The summed E-state index contributed by atoms with van der Waals surface area (Å²) in [6.45, 7) is 3.12. The van der Waals surface area contributed by atoms with Crippen molar-refractivity contribution in [2.45, 2.75) is 11.8 Å². The SMILES string of the molecule is Cc1nc2ccc(S(=O)(=O)N3CCN(C(=O)c4cc[nH]c4)CC3)cc2[nH]1. The molecule has 0 aliphatic carbocycles. The van der Waals surface area contributed by atoms with Crippen molar-refractivity contribution in [1.29, 1.82) is 0 Å². The third-order valence-corrected chi connectivity index (χ3v) is 6.47. The number of amides is 1. The number of H-pyrrole nitrogens is 2. The average Bonchev–Trinajstić information content (AvgIpc) is 3.29. The van der Waals surface area contributed by atoms with Crippen molar-refractivity contribution in [3.8, 4) is 0 Å². The Morgan fingerprint density at radius 1 is 1.15 bits per heavy atom. The van der Waals surface area contributed by atoms with Gasteiger partial charge in [-0.15, -0.1) is 0 Å². The summed E-state index contributed by atoms with van der Waals surface area (Å²) in [5.41, 5.74) is 2.02. The molecule has 0 bridgehead atoms. The van der Waals surface area contributed by atoms with Gasteiger partial charge in [0.25, 0.3) is 5.91 Å². The molecule has 2 N–H and O–H groups in total. The van der Waals surface area contributed by atoms with Crippen molar-refractivity contribution >= 4 is 27.0 Å². The Morgan fingerprint density at radius 2 is 1.92 bits per heavy atom. The number of aryl methyl sites for hydroxylation is 1. The zero-order valence-corrected chi connectivity index (χ0v) is 15.1. The second kappa shape index (κ2) is 6.26. The Morgan fingerprint density at radius 3 is 2.62 bits per heavy atom. The fraction of sp³-hybridized carbons (Fsp3) is 0.294. The Balaban J connectivity index is 1.51. The van der Waals surface area contributed by atoms with Gasteiger partial charge in [0.2, 0.25) is 10.0 Å². The van der Waals surface area contributed by atoms with Gasteiger partial charge in [-0.3, -0.25) is 4.79 Å². The van der Waals surface area contributed by atoms with Gasteiger partial charge < -0.3 is 14.9 Å². The first-order valence-electron chi connectivity index (χ1n) is 8.34. The molecule has 4 rings (SSSR count). The second-order valence-electron chi connectivity index (χ2n) is 6.30. The molecular formula is C17H19N5O3S. The van der Waals surface area contributed by atoms with E-state index in [-0.39, 0.29) is 23.9 Å². The zero-order chi connectivity index (χ0) is 18.3. The Labute approximate surface area is 150 Å². The largest absolute Gasteiger partial charge is 0.367 e. The number of carbonyl (C=O) groups excluding carboxylic acids is 1. The highest BCUT2D eigenvalue weighted by molar-refractivity contribution is 7.89. The number of fused-ring (bicyclic) bond motifs is 1. The standard InChI is InChI=1S/C17H19N5O3S/c1-12-19-15-3-2-14(10-16(15)20-12)26(24,25)22-8-6-21(7-9-22)17(23)13-4-5-18-11-13/h2-5,10-11,18H,6-9H2,1H3,(H,19,20). The van der Waals surface area contributed by atoms with Gasteiger partial charge in [-0.2, -0.15) is 4.31 Å². The molecule has 1 amide bonds. The number of piperazine rings is 1. The maximum absolute atomic E-state index is 12.9. The molecule has 1 aromatic carbocycles. The lowest BCUT2D eigenvalue weighted by molar-refractivity contribution is 0.0698. The fourth-order valence-electron chi connectivity index (χ4n) is 3.20. The predicted molar refractivity (Wildman–Crippen MR) is 96.3 cm³/mol. The van der Waals surface area contributed by atoms with Crippen LogP contribution in [0.25, 0.3) is 11.0 Å². The lowest BCUT2D eigenvalue weighted by Crippen LogP contribution is -2.50. The lowest BCUT2D eigenvalue weighted by Gasteiger charge is -2.33. The van der Waals surface area contributed by atoms with E-state index in [0.29, 0.717) is 24.2 Å². The normalized spacial score (nSPS) is 16.3. The minimum absolute atomic E-state index is 0.0855. The van der Waals surface area contributed by atoms with E-state index in [1.165, 1.54) is 4.31 Å². The maximum atomic E-state index is 12.9. The highest BCUT2D eigenvalue weighted by Crippen LogP contribution is 2.22. The van der Waals surface area contributed by atoms with E-state index in [1.807, 2.05) is 6.92 Å². The van der Waals surface area contributed by atoms with Crippen LogP contribution in [0.3, 0.4) is 0 Å². The number of hydrogen-bond donors (Lipinski definition) is 2. The molecule has 1 saturated heterocycles. The highest BCUT2D eigenvalue weighted by atomic mass is 32.2. The number of benzene rings is 1. The molecule has 1 aliphatic rings. The molecule has 26 heavy (non-hydrogen) atoms. The second-order valence-corrected chi connectivity index (χ2v) is 8.24. The molecule has 136 valence electrons. The number of imidazole rings is 1. The van der Waals surface area contributed by atoms with Crippen molar-refractivity contribution in [2.75, 3.05) is 26.2 Å². The topological polar surface area (TPSA) is 102 Å². The van der Waals surface area contributed by atoms with Crippen LogP contribution < -0.4 is 0 Å². The number of sulfonamides is 1. The summed E-state index contributed by atoms with van der Waals surface area (Å²) in [5.74, 6) is 0.657. The zero-order valence-electron chi connectivity index (χ0n) is 14.3. The van der Waals surface area contributed by atoms with Crippen LogP contribution in [0.2, 0.25) is 0 Å². The number of nitrogens with zero attached hydrogens (tertiary/aromatic N) is 3. The summed E-state index contributed by atoms with van der Waals surface area (Å²) >= 11 is 0. The summed E-state index contributed by atoms with van der Waals surface area (Å²) in [6.07, 6.45) is 3.34. The van der Waals surface area contributed by atoms with Gasteiger partial charge in [0.1, 0.15) is 5.82 Å². The van der Waals surface area contributed by atoms with Gasteiger partial charge in [-0.1, -0.05) is 0 Å². The van der Waals surface area contributed by atoms with Crippen LogP contribution in [0, 0.1) is 6.92 Å². The first-order chi connectivity index (χ1) is 12.4. The molecular weight excluding hydrogens is 354 g/mol. The van der Waals surface area contributed by atoms with Gasteiger partial charge >= 0.3 is 0 Å². The monoisotopic (exact) mass is 373 g/mol. The molecule has 9 heteroatoms. The number of aromatic amines is 2. The molecule has 0 atom stereocenters. The molecule has 8 nitrogen and oxygen atoms in total. The average molecular weight is 373 g/mol. The maximum Gasteiger partial charge on any atom is 0.255 e. The molecule has 2 aromatic heterocycles. The molecule has 3 heterocycles.